The van der Waals surface area contributed by atoms with Crippen molar-refractivity contribution in [3.05, 3.63) is 58.9 Å². The Hall–Kier alpha value is -3.93. The third-order valence-corrected chi connectivity index (χ3v) is 9.62. The number of anilines is 3. The van der Waals surface area contributed by atoms with Gasteiger partial charge in [0.15, 0.2) is 5.82 Å². The fourth-order valence-electron chi connectivity index (χ4n) is 7.00. The lowest BCUT2D eigenvalue weighted by Gasteiger charge is -2.35. The van der Waals surface area contributed by atoms with Gasteiger partial charge >= 0.3 is 0 Å². The minimum Gasteiger partial charge on any atom is -0.342 e. The molecule has 1 aromatic carbocycles. The van der Waals surface area contributed by atoms with Crippen LogP contribution in [0.4, 0.5) is 17.6 Å². The van der Waals surface area contributed by atoms with E-state index in [9.17, 15) is 10.1 Å². The van der Waals surface area contributed by atoms with Gasteiger partial charge in [0.1, 0.15) is 5.82 Å². The van der Waals surface area contributed by atoms with Gasteiger partial charge in [0, 0.05) is 56.5 Å². The molecule has 3 aliphatic rings. The first kappa shape index (κ1) is 27.3. The van der Waals surface area contributed by atoms with E-state index in [1.807, 2.05) is 36.2 Å². The lowest BCUT2D eigenvalue weighted by Crippen LogP contribution is -2.40. The Morgan fingerprint density at radius 2 is 1.78 bits per heavy atom. The zero-order valence-electron chi connectivity index (χ0n) is 24.1. The number of aromatic nitrogens is 4. The van der Waals surface area contributed by atoms with Gasteiger partial charge in [-0.1, -0.05) is 18.9 Å². The van der Waals surface area contributed by atoms with Crippen molar-refractivity contribution < 1.29 is 4.79 Å². The minimum absolute atomic E-state index is 0.183. The number of carbonyl (C=O) groups is 1. The van der Waals surface area contributed by atoms with Crippen LogP contribution in [0.5, 0.6) is 0 Å². The Morgan fingerprint density at radius 1 is 1.00 bits per heavy atom. The maximum Gasteiger partial charge on any atom is 0.227 e. The number of carbonyl (C=O) groups excluding carboxylic acids is 1. The van der Waals surface area contributed by atoms with Crippen LogP contribution < -0.4 is 10.2 Å². The van der Waals surface area contributed by atoms with E-state index in [0.717, 1.165) is 50.2 Å². The van der Waals surface area contributed by atoms with Gasteiger partial charge in [-0.25, -0.2) is 4.98 Å². The summed E-state index contributed by atoms with van der Waals surface area (Å²) in [7, 11) is 4.02. The normalized spacial score (nSPS) is 22.2. The number of nitriles is 1. The third-order valence-electron chi connectivity index (χ3n) is 9.62. The van der Waals surface area contributed by atoms with Crippen molar-refractivity contribution in [1.82, 2.24) is 25.1 Å². The SMILES string of the molecule is CN(C(=O)CC1CCC(N(C)c2nccc(Nc3cc(C4CCCC4)[nH]n3)n2)CC1)C1Cc2ccc(C#N)cc2C1. The Bertz CT molecular complexity index is 1410. The number of benzene rings is 1. The van der Waals surface area contributed by atoms with Crippen LogP contribution in [0, 0.1) is 17.2 Å². The topological polar surface area (TPSA) is 114 Å². The molecule has 9 nitrogen and oxygen atoms in total. The maximum absolute atomic E-state index is 13.2. The maximum atomic E-state index is 13.2. The molecule has 3 aromatic rings. The highest BCUT2D eigenvalue weighted by atomic mass is 16.2. The van der Waals surface area contributed by atoms with Gasteiger partial charge in [-0.2, -0.15) is 15.3 Å². The standard InChI is InChI=1S/C32H40N8O/c1-39(27-17-24-10-7-22(20-33)15-25(24)18-27)31(41)16-21-8-11-26(12-9-21)40(2)32-34-14-13-29(36-32)35-30-19-28(37-38-30)23-5-3-4-6-23/h7,10,13-15,19,21,23,26-27H,3-6,8-9,11-12,16-18H2,1-2H3,(H2,34,35,36,37,38). The molecule has 2 fully saturated rings. The van der Waals surface area contributed by atoms with Crippen LogP contribution in [0.2, 0.25) is 0 Å². The predicted octanol–water partition coefficient (Wildman–Crippen LogP) is 5.48. The van der Waals surface area contributed by atoms with E-state index in [2.05, 4.69) is 44.6 Å². The molecule has 2 saturated carbocycles. The highest BCUT2D eigenvalue weighted by Gasteiger charge is 2.31. The van der Waals surface area contributed by atoms with Crippen molar-refractivity contribution in [2.75, 3.05) is 24.3 Å². The second-order valence-corrected chi connectivity index (χ2v) is 12.2. The number of rotatable bonds is 8. The second kappa shape index (κ2) is 11.9. The number of hydrogen-bond acceptors (Lipinski definition) is 7. The quantitative estimate of drug-likeness (QED) is 0.380. The van der Waals surface area contributed by atoms with Crippen molar-refractivity contribution in [1.29, 1.82) is 5.26 Å². The van der Waals surface area contributed by atoms with E-state index in [1.165, 1.54) is 42.5 Å². The summed E-state index contributed by atoms with van der Waals surface area (Å²) < 4.78 is 0. The van der Waals surface area contributed by atoms with E-state index >= 15 is 0 Å². The summed E-state index contributed by atoms with van der Waals surface area (Å²) in [6, 6.07) is 12.6. The van der Waals surface area contributed by atoms with Crippen molar-refractivity contribution in [2.24, 2.45) is 5.92 Å². The lowest BCUT2D eigenvalue weighted by atomic mass is 9.83. The van der Waals surface area contributed by atoms with Gasteiger partial charge in [0.05, 0.1) is 11.6 Å². The number of fused-ring (bicyclic) bond motifs is 1. The zero-order chi connectivity index (χ0) is 28.3. The molecule has 0 radical (unpaired) electrons. The Morgan fingerprint density at radius 3 is 2.56 bits per heavy atom. The first-order valence-electron chi connectivity index (χ1n) is 15.1. The van der Waals surface area contributed by atoms with Crippen molar-refractivity contribution in [3.63, 3.8) is 0 Å². The van der Waals surface area contributed by atoms with Crippen LogP contribution in [-0.4, -0.2) is 57.2 Å². The molecule has 6 rings (SSSR count). The largest absolute Gasteiger partial charge is 0.342 e. The molecule has 3 aliphatic carbocycles. The molecule has 41 heavy (non-hydrogen) atoms. The Balaban J connectivity index is 0.987. The van der Waals surface area contributed by atoms with Gasteiger partial charge < -0.3 is 15.1 Å². The third kappa shape index (κ3) is 6.07. The molecule has 0 saturated heterocycles. The summed E-state index contributed by atoms with van der Waals surface area (Å²) in [6.45, 7) is 0. The van der Waals surface area contributed by atoms with E-state index in [4.69, 9.17) is 4.98 Å². The number of nitrogens with one attached hydrogen (secondary N) is 2. The first-order valence-corrected chi connectivity index (χ1v) is 15.1. The van der Waals surface area contributed by atoms with Gasteiger partial charge in [-0.15, -0.1) is 0 Å². The zero-order valence-corrected chi connectivity index (χ0v) is 24.1. The second-order valence-electron chi connectivity index (χ2n) is 12.2. The average molecular weight is 553 g/mol. The molecular formula is C32H40N8O. The van der Waals surface area contributed by atoms with E-state index < -0.39 is 0 Å². The number of amides is 1. The van der Waals surface area contributed by atoms with Crippen molar-refractivity contribution in [2.45, 2.75) is 88.6 Å². The van der Waals surface area contributed by atoms with E-state index in [0.29, 0.717) is 35.8 Å². The van der Waals surface area contributed by atoms with Gasteiger partial charge in [0.25, 0.3) is 0 Å². The first-order chi connectivity index (χ1) is 20.0. The fourth-order valence-corrected chi connectivity index (χ4v) is 7.00. The summed E-state index contributed by atoms with van der Waals surface area (Å²) in [5, 5.41) is 20.2. The number of likely N-dealkylation sites (N-methyl/N-ethyl adjacent to an activating group) is 1. The summed E-state index contributed by atoms with van der Waals surface area (Å²) in [5.41, 5.74) is 4.37. The molecule has 2 N–H and O–H groups in total. The van der Waals surface area contributed by atoms with Crippen LogP contribution in [0.25, 0.3) is 0 Å². The highest BCUT2D eigenvalue weighted by molar-refractivity contribution is 5.76. The van der Waals surface area contributed by atoms with Gasteiger partial charge in [0.2, 0.25) is 11.9 Å². The number of H-pyrrole nitrogens is 1. The minimum atomic E-state index is 0.183. The average Bonchev–Trinajstić information content (AvgIpc) is 3.78. The highest BCUT2D eigenvalue weighted by Crippen LogP contribution is 2.35. The molecule has 0 aliphatic heterocycles. The molecule has 9 heteroatoms. The summed E-state index contributed by atoms with van der Waals surface area (Å²) in [5.74, 6) is 3.48. The van der Waals surface area contributed by atoms with E-state index in [-0.39, 0.29) is 11.9 Å². The molecule has 214 valence electrons. The Kier molecular flexibility index (Phi) is 7.91. The van der Waals surface area contributed by atoms with Crippen molar-refractivity contribution in [3.8, 4) is 6.07 Å². The smallest absolute Gasteiger partial charge is 0.227 e. The number of aromatic amines is 1. The van der Waals surface area contributed by atoms with Crippen molar-refractivity contribution >= 4 is 23.5 Å². The Labute approximate surface area is 242 Å². The molecule has 1 amide bonds. The molecule has 1 unspecified atom stereocenters. The van der Waals surface area contributed by atoms with Crippen LogP contribution in [0.1, 0.15) is 86.1 Å². The van der Waals surface area contributed by atoms with E-state index in [1.54, 1.807) is 6.20 Å². The number of nitrogens with zero attached hydrogens (tertiary/aromatic N) is 6. The van der Waals surface area contributed by atoms with Gasteiger partial charge in [-0.05, 0) is 86.6 Å². The summed E-state index contributed by atoms with van der Waals surface area (Å²) in [4.78, 5) is 26.7. The molecule has 0 bridgehead atoms. The van der Waals surface area contributed by atoms with Crippen LogP contribution in [0.3, 0.4) is 0 Å². The molecular weight excluding hydrogens is 512 g/mol. The van der Waals surface area contributed by atoms with Crippen LogP contribution in [0.15, 0.2) is 36.5 Å². The van der Waals surface area contributed by atoms with Gasteiger partial charge in [-0.3, -0.25) is 9.89 Å². The summed E-state index contributed by atoms with van der Waals surface area (Å²) in [6.07, 6.45) is 13.3. The van der Waals surface area contributed by atoms with Crippen LogP contribution >= 0.6 is 0 Å². The monoisotopic (exact) mass is 552 g/mol. The summed E-state index contributed by atoms with van der Waals surface area (Å²) >= 11 is 0. The number of hydrogen-bond donors (Lipinski definition) is 2. The fraction of sp³-hybridized carbons (Fsp3) is 0.531. The molecule has 2 heterocycles. The molecule has 1 atom stereocenters. The molecule has 0 spiro atoms. The van der Waals surface area contributed by atoms with Crippen LogP contribution in [-0.2, 0) is 17.6 Å². The lowest BCUT2D eigenvalue weighted by molar-refractivity contribution is -0.133. The predicted molar refractivity (Wildman–Crippen MR) is 159 cm³/mol. The molecule has 2 aromatic heterocycles.